The first kappa shape index (κ1) is 11.0. The molecule has 0 aromatic rings. The lowest BCUT2D eigenvalue weighted by atomic mass is 10.2. The second-order valence-electron chi connectivity index (χ2n) is 3.70. The summed E-state index contributed by atoms with van der Waals surface area (Å²) in [6.07, 6.45) is 0.406. The van der Waals surface area contributed by atoms with Crippen molar-refractivity contribution in [2.45, 2.75) is 18.7 Å². The van der Waals surface area contributed by atoms with Gasteiger partial charge in [-0.1, -0.05) is 18.2 Å². The number of rotatable bonds is 1. The summed E-state index contributed by atoms with van der Waals surface area (Å²) >= 11 is 4.00. The maximum absolute atomic E-state index is 10.6. The zero-order chi connectivity index (χ0) is 11.7. The second-order valence-corrected chi connectivity index (χ2v) is 4.29. The number of hydrogen-bond acceptors (Lipinski definition) is 3. The number of nitrogens with one attached hydrogen (secondary N) is 1. The molecule has 84 valence electrons. The summed E-state index contributed by atoms with van der Waals surface area (Å²) in [5.41, 5.74) is 5.20. The molecule has 2 amide bonds. The van der Waals surface area contributed by atoms with Crippen LogP contribution in [0.3, 0.4) is 0 Å². The van der Waals surface area contributed by atoms with Crippen LogP contribution in [0.4, 0.5) is 0 Å². The van der Waals surface area contributed by atoms with Gasteiger partial charge in [0.1, 0.15) is 5.37 Å². The van der Waals surface area contributed by atoms with Gasteiger partial charge in [-0.25, -0.2) is 5.01 Å². The monoisotopic (exact) mass is 236 g/mol. The summed E-state index contributed by atoms with van der Waals surface area (Å²) in [6.45, 7) is 1.35. The third kappa shape index (κ3) is 2.36. The Hall–Kier alpha value is -1.49. The Morgan fingerprint density at radius 1 is 1.50 bits per heavy atom. The molecule has 1 heterocycles. The highest BCUT2D eigenvalue weighted by Gasteiger charge is 2.33. The molecule has 5 heteroatoms. The van der Waals surface area contributed by atoms with Gasteiger partial charge in [0.05, 0.1) is 6.42 Å². The Morgan fingerprint density at radius 3 is 2.31 bits per heavy atom. The average molecular weight is 236 g/mol. The van der Waals surface area contributed by atoms with Gasteiger partial charge in [0, 0.05) is 6.92 Å². The van der Waals surface area contributed by atoms with Gasteiger partial charge in [0.25, 0.3) is 0 Å². The molecule has 2 aliphatic carbocycles. The van der Waals surface area contributed by atoms with Crippen molar-refractivity contribution in [3.05, 3.63) is 24.3 Å². The molecular weight excluding hydrogens is 224 g/mol. The lowest BCUT2D eigenvalue weighted by molar-refractivity contribution is -0.151. The predicted molar refractivity (Wildman–Crippen MR) is 63.5 cm³/mol. The smallest absolute Gasteiger partial charge is 0.245 e. The van der Waals surface area contributed by atoms with Crippen molar-refractivity contribution >= 4 is 24.4 Å². The van der Waals surface area contributed by atoms with Crippen molar-refractivity contribution in [1.29, 1.82) is 0 Å². The van der Waals surface area contributed by atoms with E-state index < -0.39 is 0 Å². The first-order chi connectivity index (χ1) is 7.58. The first-order valence-corrected chi connectivity index (χ1v) is 5.47. The third-order valence-corrected chi connectivity index (χ3v) is 2.73. The number of hydrogen-bond donors (Lipinski definition) is 2. The molecule has 1 N–H and O–H groups in total. The molecule has 3 rings (SSSR count). The quantitative estimate of drug-likeness (QED) is 0.577. The van der Waals surface area contributed by atoms with Gasteiger partial charge in [0.2, 0.25) is 11.8 Å². The number of carbonyl (C=O) groups excluding carboxylic acids is 2. The topological polar surface area (TPSA) is 49.4 Å². The van der Waals surface area contributed by atoms with E-state index in [0.29, 0.717) is 6.42 Å². The molecule has 0 spiro atoms. The first-order valence-electron chi connectivity index (χ1n) is 4.96. The summed E-state index contributed by atoms with van der Waals surface area (Å²) in [4.78, 5) is 21.0. The van der Waals surface area contributed by atoms with Gasteiger partial charge in [-0.3, -0.25) is 15.0 Å². The van der Waals surface area contributed by atoms with Crippen molar-refractivity contribution in [2.75, 3.05) is 0 Å². The Bertz CT molecular complexity index is 430. The molecule has 16 heavy (non-hydrogen) atoms. The standard InChI is InChI=1S/C6H4.C5H8N2O2S/c1-2-5-4-6(5)3-1;1-3(8)6-7-4(9)2-5(7)10/h1-4H;5,10H,2H2,1H3,(H,6,8)/t;5-/m.1/s1. The molecule has 0 aromatic carbocycles. The average Bonchev–Trinajstić information content (AvgIpc) is 2.84. The molecule has 3 aliphatic rings. The Balaban J connectivity index is 0.000000134. The van der Waals surface area contributed by atoms with E-state index in [1.807, 2.05) is 0 Å². The van der Waals surface area contributed by atoms with Crippen LogP contribution in [-0.4, -0.2) is 22.2 Å². The van der Waals surface area contributed by atoms with Crippen LogP contribution < -0.4 is 5.43 Å². The van der Waals surface area contributed by atoms with Gasteiger partial charge in [-0.15, -0.1) is 0 Å². The highest BCUT2D eigenvalue weighted by atomic mass is 32.1. The van der Waals surface area contributed by atoms with Crippen LogP contribution in [0.15, 0.2) is 24.3 Å². The molecule has 0 saturated carbocycles. The van der Waals surface area contributed by atoms with E-state index in [1.54, 1.807) is 0 Å². The molecule has 1 aliphatic heterocycles. The largest absolute Gasteiger partial charge is 0.274 e. The Morgan fingerprint density at radius 2 is 2.12 bits per heavy atom. The van der Waals surface area contributed by atoms with Crippen molar-refractivity contribution in [3.8, 4) is 11.1 Å². The lowest BCUT2D eigenvalue weighted by Crippen LogP contribution is -2.58. The van der Waals surface area contributed by atoms with Crippen LogP contribution in [0.1, 0.15) is 13.3 Å². The second kappa shape index (κ2) is 4.17. The highest BCUT2D eigenvalue weighted by Crippen LogP contribution is 2.32. The number of amides is 2. The zero-order valence-corrected chi connectivity index (χ0v) is 9.70. The van der Waals surface area contributed by atoms with E-state index >= 15 is 0 Å². The van der Waals surface area contributed by atoms with Gasteiger partial charge >= 0.3 is 0 Å². The van der Waals surface area contributed by atoms with Crippen LogP contribution in [0.25, 0.3) is 11.1 Å². The van der Waals surface area contributed by atoms with Gasteiger partial charge in [0.15, 0.2) is 0 Å². The fourth-order valence-corrected chi connectivity index (χ4v) is 1.72. The van der Waals surface area contributed by atoms with Crippen LogP contribution in [0.2, 0.25) is 0 Å². The summed E-state index contributed by atoms with van der Waals surface area (Å²) in [7, 11) is 0. The Kier molecular flexibility index (Phi) is 2.87. The maximum Gasteiger partial charge on any atom is 0.245 e. The molecule has 0 unspecified atom stereocenters. The van der Waals surface area contributed by atoms with Crippen molar-refractivity contribution in [3.63, 3.8) is 0 Å². The summed E-state index contributed by atoms with van der Waals surface area (Å²) in [5.74, 6) is -0.331. The SMILES string of the molecule is CC(=O)NN1C(=O)C[C@H]1S.c1cc2cc-2c1. The van der Waals surface area contributed by atoms with Crippen molar-refractivity contribution < 1.29 is 9.59 Å². The van der Waals surface area contributed by atoms with Crippen LogP contribution in [-0.2, 0) is 9.59 Å². The fourth-order valence-electron chi connectivity index (χ4n) is 1.38. The van der Waals surface area contributed by atoms with Gasteiger partial charge < -0.3 is 0 Å². The number of carbonyl (C=O) groups is 2. The number of benzene rings is 1. The van der Waals surface area contributed by atoms with E-state index in [1.165, 1.54) is 23.1 Å². The predicted octanol–water partition coefficient (Wildman–Crippen LogP) is 1.19. The highest BCUT2D eigenvalue weighted by molar-refractivity contribution is 7.81. The number of fused-ring (bicyclic) bond motifs is 1. The number of β-lactam (4-membered cyclic amide) rings is 1. The van der Waals surface area contributed by atoms with Gasteiger partial charge in [-0.05, 0) is 17.2 Å². The van der Waals surface area contributed by atoms with Crippen molar-refractivity contribution in [1.82, 2.24) is 10.4 Å². The van der Waals surface area contributed by atoms with E-state index in [-0.39, 0.29) is 17.2 Å². The minimum Gasteiger partial charge on any atom is -0.274 e. The number of thiol groups is 1. The molecule has 1 saturated heterocycles. The van der Waals surface area contributed by atoms with Crippen LogP contribution >= 0.6 is 12.6 Å². The third-order valence-electron chi connectivity index (χ3n) is 2.31. The van der Waals surface area contributed by atoms with Gasteiger partial charge in [-0.2, -0.15) is 12.6 Å². The minimum atomic E-state index is -0.243. The van der Waals surface area contributed by atoms with Crippen LogP contribution in [0.5, 0.6) is 0 Å². The van der Waals surface area contributed by atoms with Crippen LogP contribution in [0, 0.1) is 0 Å². The molecule has 0 aromatic heterocycles. The van der Waals surface area contributed by atoms with E-state index in [9.17, 15) is 9.59 Å². The Labute approximate surface area is 99.0 Å². The zero-order valence-electron chi connectivity index (χ0n) is 8.80. The summed E-state index contributed by atoms with van der Waals surface area (Å²) in [6, 6.07) is 8.48. The lowest BCUT2D eigenvalue weighted by Gasteiger charge is -2.36. The van der Waals surface area contributed by atoms with Crippen molar-refractivity contribution in [2.24, 2.45) is 0 Å². The molecule has 0 radical (unpaired) electrons. The normalized spacial score (nSPS) is 19.2. The molecule has 1 fully saturated rings. The number of nitrogens with zero attached hydrogens (tertiary/aromatic N) is 1. The maximum atomic E-state index is 10.6. The van der Waals surface area contributed by atoms with E-state index in [4.69, 9.17) is 0 Å². The van der Waals surface area contributed by atoms with E-state index in [0.717, 1.165) is 0 Å². The molecule has 4 nitrogen and oxygen atoms in total. The molecule has 0 bridgehead atoms. The molecular formula is C11H12N2O2S. The summed E-state index contributed by atoms with van der Waals surface area (Å²) in [5, 5.41) is 1.07. The number of hydrazine groups is 1. The molecule has 1 atom stereocenters. The van der Waals surface area contributed by atoms with E-state index in [2.05, 4.69) is 42.3 Å². The summed E-state index contributed by atoms with van der Waals surface area (Å²) < 4.78 is 0. The fraction of sp³-hybridized carbons (Fsp3) is 0.273. The minimum absolute atomic E-state index is 0.0878.